The van der Waals surface area contributed by atoms with Gasteiger partial charge in [-0.3, -0.25) is 9.59 Å². The van der Waals surface area contributed by atoms with Gasteiger partial charge in [0.05, 0.1) is 10.8 Å². The van der Waals surface area contributed by atoms with Crippen molar-refractivity contribution in [2.24, 2.45) is 18.9 Å². The first-order valence-corrected chi connectivity index (χ1v) is 14.5. The highest BCUT2D eigenvalue weighted by Gasteiger charge is 2.34. The fraction of sp³-hybridized carbons (Fsp3) is 0.429. The normalized spacial score (nSPS) is 22.5. The Hall–Kier alpha value is -3.24. The molecule has 2 aliphatic rings. The number of halogens is 1. The van der Waals surface area contributed by atoms with Crippen LogP contribution in [0.4, 0.5) is 4.39 Å². The summed E-state index contributed by atoms with van der Waals surface area (Å²) < 4.78 is 44.5. The molecule has 2 aromatic carbocycles. The lowest BCUT2D eigenvalue weighted by molar-refractivity contribution is -0.147. The number of carbonyl (C=O) groups is 2. The molecule has 0 bridgehead atoms. The average molecular weight is 542 g/mol. The van der Waals surface area contributed by atoms with Crippen LogP contribution in [0.15, 0.2) is 53.4 Å². The van der Waals surface area contributed by atoms with Gasteiger partial charge in [-0.05, 0) is 86.6 Å². The summed E-state index contributed by atoms with van der Waals surface area (Å²) in [6, 6.07) is 12.9. The van der Waals surface area contributed by atoms with Gasteiger partial charge in [-0.15, -0.1) is 0 Å². The first-order valence-electron chi connectivity index (χ1n) is 13.0. The smallest absolute Gasteiger partial charge is 0.308 e. The molecule has 3 aromatic rings. The molecular weight excluding hydrogens is 509 g/mol. The van der Waals surface area contributed by atoms with E-state index in [1.54, 1.807) is 35.2 Å². The number of carboxylic acids is 1. The Balaban J connectivity index is 1.24. The minimum Gasteiger partial charge on any atom is -0.481 e. The predicted octanol–water partition coefficient (Wildman–Crippen LogP) is 4.14. The zero-order valence-corrected chi connectivity index (χ0v) is 22.1. The molecule has 1 atom stereocenters. The minimum absolute atomic E-state index is 0.0108. The summed E-state index contributed by atoms with van der Waals surface area (Å²) in [5.41, 5.74) is 2.44. The van der Waals surface area contributed by atoms with Crippen LogP contribution in [0.2, 0.25) is 0 Å². The molecule has 2 N–H and O–H groups in total. The molecule has 2 heterocycles. The second kappa shape index (κ2) is 10.5. The van der Waals surface area contributed by atoms with E-state index in [1.807, 2.05) is 17.7 Å². The Morgan fingerprint density at radius 3 is 2.37 bits per heavy atom. The summed E-state index contributed by atoms with van der Waals surface area (Å²) in [6.07, 6.45) is 3.51. The van der Waals surface area contributed by atoms with Gasteiger partial charge in [0.15, 0.2) is 0 Å². The maximum Gasteiger partial charge on any atom is 0.308 e. The van der Waals surface area contributed by atoms with Gasteiger partial charge in [-0.2, -0.15) is 0 Å². The van der Waals surface area contributed by atoms with Gasteiger partial charge in [0.1, 0.15) is 5.82 Å². The molecule has 0 radical (unpaired) electrons. The van der Waals surface area contributed by atoms with E-state index in [2.05, 4.69) is 4.72 Å². The van der Waals surface area contributed by atoms with E-state index in [9.17, 15) is 27.5 Å². The Morgan fingerprint density at radius 1 is 0.974 bits per heavy atom. The van der Waals surface area contributed by atoms with Crippen molar-refractivity contribution in [2.45, 2.75) is 49.5 Å². The number of likely N-dealkylation sites (tertiary alicyclic amines) is 1. The van der Waals surface area contributed by atoms with Crippen molar-refractivity contribution in [1.29, 1.82) is 0 Å². The Kier molecular flexibility index (Phi) is 7.28. The second-order valence-corrected chi connectivity index (χ2v) is 12.2. The van der Waals surface area contributed by atoms with Gasteiger partial charge in [-0.25, -0.2) is 17.5 Å². The minimum atomic E-state index is -3.78. The van der Waals surface area contributed by atoms with Crippen LogP contribution >= 0.6 is 0 Å². The molecule has 2 fully saturated rings. The number of benzene rings is 2. The van der Waals surface area contributed by atoms with Gasteiger partial charge in [0.25, 0.3) is 0 Å². The molecule has 8 nitrogen and oxygen atoms in total. The van der Waals surface area contributed by atoms with Crippen LogP contribution < -0.4 is 4.72 Å². The summed E-state index contributed by atoms with van der Waals surface area (Å²) in [4.78, 5) is 26.2. The van der Waals surface area contributed by atoms with Crippen molar-refractivity contribution in [1.82, 2.24) is 14.2 Å². The Morgan fingerprint density at radius 2 is 1.68 bits per heavy atom. The van der Waals surface area contributed by atoms with Crippen LogP contribution in [0.5, 0.6) is 0 Å². The summed E-state index contributed by atoms with van der Waals surface area (Å²) in [7, 11) is -1.93. The number of hydrogen-bond donors (Lipinski definition) is 2. The average Bonchev–Trinajstić information content (AvgIpc) is 3.24. The van der Waals surface area contributed by atoms with Crippen LogP contribution in [0.25, 0.3) is 22.2 Å². The fourth-order valence-electron chi connectivity index (χ4n) is 5.76. The number of hydrogen-bond acceptors (Lipinski definition) is 4. The molecule has 1 amide bonds. The summed E-state index contributed by atoms with van der Waals surface area (Å²) in [5, 5.41) is 10.2. The van der Waals surface area contributed by atoms with Crippen molar-refractivity contribution >= 4 is 32.8 Å². The van der Waals surface area contributed by atoms with Crippen LogP contribution in [0, 0.1) is 17.7 Å². The molecule has 10 heteroatoms. The lowest BCUT2D eigenvalue weighted by Crippen LogP contribution is -2.46. The number of carboxylic acid groups (broad SMARTS) is 1. The highest BCUT2D eigenvalue weighted by atomic mass is 32.2. The SMILES string of the molecule is Cn1c(-c2ccc(F)cc2)cc2ccc(S(=O)(=O)N[C@H]3CC[C@H](C(=O)N4CCCC(C(=O)O)C4)CC3)cc21. The van der Waals surface area contributed by atoms with Crippen molar-refractivity contribution < 1.29 is 27.5 Å². The number of rotatable bonds is 6. The van der Waals surface area contributed by atoms with Crippen molar-refractivity contribution in [3.63, 3.8) is 0 Å². The van der Waals surface area contributed by atoms with E-state index in [0.717, 1.165) is 22.2 Å². The van der Waals surface area contributed by atoms with E-state index >= 15 is 0 Å². The number of aliphatic carboxylic acids is 1. The third-order valence-electron chi connectivity index (χ3n) is 7.95. The van der Waals surface area contributed by atoms with Crippen molar-refractivity contribution in [2.75, 3.05) is 13.1 Å². The molecule has 202 valence electrons. The maximum absolute atomic E-state index is 13.4. The van der Waals surface area contributed by atoms with Crippen LogP contribution in [-0.4, -0.2) is 54.0 Å². The summed E-state index contributed by atoms with van der Waals surface area (Å²) in [5.74, 6) is -1.90. The van der Waals surface area contributed by atoms with E-state index in [-0.39, 0.29) is 35.1 Å². The number of nitrogens with one attached hydrogen (secondary N) is 1. The molecule has 5 rings (SSSR count). The van der Waals surface area contributed by atoms with Crippen LogP contribution in [0.1, 0.15) is 38.5 Å². The topological polar surface area (TPSA) is 109 Å². The predicted molar refractivity (Wildman–Crippen MR) is 141 cm³/mol. The molecule has 1 aromatic heterocycles. The van der Waals surface area contributed by atoms with E-state index in [0.29, 0.717) is 45.1 Å². The van der Waals surface area contributed by atoms with E-state index < -0.39 is 21.9 Å². The van der Waals surface area contributed by atoms with E-state index in [1.165, 1.54) is 12.1 Å². The largest absolute Gasteiger partial charge is 0.481 e. The number of aromatic nitrogens is 1. The zero-order chi connectivity index (χ0) is 27.0. The Labute approximate surface area is 221 Å². The molecule has 0 spiro atoms. The number of carbonyl (C=O) groups excluding carboxylic acids is 1. The fourth-order valence-corrected chi connectivity index (χ4v) is 7.08. The number of nitrogens with zero attached hydrogens (tertiary/aromatic N) is 2. The van der Waals surface area contributed by atoms with Crippen LogP contribution in [0.3, 0.4) is 0 Å². The first kappa shape index (κ1) is 26.4. The third-order valence-corrected chi connectivity index (χ3v) is 9.47. The highest BCUT2D eigenvalue weighted by Crippen LogP contribution is 2.31. The summed E-state index contributed by atoms with van der Waals surface area (Å²) in [6.45, 7) is 0.838. The van der Waals surface area contributed by atoms with Gasteiger partial charge < -0.3 is 14.6 Å². The number of fused-ring (bicyclic) bond motifs is 1. The number of piperidine rings is 1. The molecular formula is C28H32FN3O5S. The zero-order valence-electron chi connectivity index (χ0n) is 21.3. The first-order chi connectivity index (χ1) is 18.1. The molecule has 1 unspecified atom stereocenters. The van der Waals surface area contributed by atoms with Crippen molar-refractivity contribution in [3.05, 3.63) is 54.3 Å². The quantitative estimate of drug-likeness (QED) is 0.488. The van der Waals surface area contributed by atoms with Crippen LogP contribution in [-0.2, 0) is 26.7 Å². The second-order valence-electron chi connectivity index (χ2n) is 10.4. The highest BCUT2D eigenvalue weighted by molar-refractivity contribution is 7.89. The van der Waals surface area contributed by atoms with Gasteiger partial charge >= 0.3 is 5.97 Å². The van der Waals surface area contributed by atoms with Gasteiger partial charge in [0, 0.05) is 48.7 Å². The molecule has 1 saturated heterocycles. The summed E-state index contributed by atoms with van der Waals surface area (Å²) >= 11 is 0. The van der Waals surface area contributed by atoms with Crippen molar-refractivity contribution in [3.8, 4) is 11.3 Å². The monoisotopic (exact) mass is 541 g/mol. The maximum atomic E-state index is 13.4. The van der Waals surface area contributed by atoms with E-state index in [4.69, 9.17) is 0 Å². The Bertz CT molecular complexity index is 1460. The van der Waals surface area contributed by atoms with Gasteiger partial charge in [-0.1, -0.05) is 6.07 Å². The lowest BCUT2D eigenvalue weighted by Gasteiger charge is -2.35. The number of aryl methyl sites for hydroxylation is 1. The van der Waals surface area contributed by atoms with Gasteiger partial charge in [0.2, 0.25) is 15.9 Å². The third kappa shape index (κ3) is 5.33. The molecule has 1 aliphatic heterocycles. The lowest BCUT2D eigenvalue weighted by atomic mass is 9.85. The number of amides is 1. The number of sulfonamides is 1. The molecule has 38 heavy (non-hydrogen) atoms. The molecule has 1 aliphatic carbocycles. The molecule has 1 saturated carbocycles. The standard InChI is InChI=1S/C28H32FN3O5S/c1-31-25(18-4-9-22(29)10-5-18)15-20-8-13-24(16-26(20)31)38(36,37)30-23-11-6-19(7-12-23)27(33)32-14-2-3-21(17-32)28(34)35/h4-5,8-10,13,15-16,19,21,23,30H,2-3,6-7,11-12,14,17H2,1H3,(H,34,35)/t19-,21?,23-.